The summed E-state index contributed by atoms with van der Waals surface area (Å²) in [7, 11) is 0. The summed E-state index contributed by atoms with van der Waals surface area (Å²) >= 11 is 0. The summed E-state index contributed by atoms with van der Waals surface area (Å²) in [5, 5.41) is 0. The zero-order valence-corrected chi connectivity index (χ0v) is 10.4. The molecule has 0 aliphatic rings. The fourth-order valence-electron chi connectivity index (χ4n) is 1.99. The zero-order chi connectivity index (χ0) is 12.8. The van der Waals surface area contributed by atoms with Crippen molar-refractivity contribution in [2.24, 2.45) is 17.6 Å². The number of rotatable bonds is 6. The van der Waals surface area contributed by atoms with E-state index in [2.05, 4.69) is 13.8 Å². The summed E-state index contributed by atoms with van der Waals surface area (Å²) in [4.78, 5) is 11.9. The largest absolute Gasteiger partial charge is 0.330 e. The van der Waals surface area contributed by atoms with Gasteiger partial charge in [0, 0.05) is 6.42 Å². The smallest absolute Gasteiger partial charge is 0.166 e. The third-order valence-corrected chi connectivity index (χ3v) is 2.79. The lowest BCUT2D eigenvalue weighted by atomic mass is 9.90. The highest BCUT2D eigenvalue weighted by molar-refractivity contribution is 5.96. The van der Waals surface area contributed by atoms with Crippen LogP contribution in [0, 0.1) is 17.7 Å². The van der Waals surface area contributed by atoms with Crippen LogP contribution in [-0.2, 0) is 0 Å². The van der Waals surface area contributed by atoms with Crippen molar-refractivity contribution in [2.75, 3.05) is 6.54 Å². The predicted octanol–water partition coefficient (Wildman–Crippen LogP) is 3.02. The maximum atomic E-state index is 13.4. The molecule has 1 rings (SSSR count). The van der Waals surface area contributed by atoms with E-state index in [0.29, 0.717) is 18.9 Å². The minimum atomic E-state index is -0.446. The van der Waals surface area contributed by atoms with Gasteiger partial charge in [0.15, 0.2) is 5.78 Å². The molecule has 0 aromatic heterocycles. The summed E-state index contributed by atoms with van der Waals surface area (Å²) in [6.45, 7) is 4.66. The molecule has 0 saturated heterocycles. The first-order valence-electron chi connectivity index (χ1n) is 6.02. The second kappa shape index (κ2) is 6.50. The Labute approximate surface area is 102 Å². The molecule has 0 bridgehead atoms. The average molecular weight is 237 g/mol. The zero-order valence-electron chi connectivity index (χ0n) is 10.4. The summed E-state index contributed by atoms with van der Waals surface area (Å²) < 4.78 is 13.4. The number of hydrogen-bond donors (Lipinski definition) is 1. The van der Waals surface area contributed by atoms with Crippen molar-refractivity contribution in [1.29, 1.82) is 0 Å². The van der Waals surface area contributed by atoms with Crippen LogP contribution in [0.5, 0.6) is 0 Å². The number of nitrogens with two attached hydrogens (primary N) is 1. The Morgan fingerprint density at radius 1 is 1.35 bits per heavy atom. The molecule has 3 heteroatoms. The van der Waals surface area contributed by atoms with Crippen LogP contribution in [0.1, 0.15) is 37.0 Å². The lowest BCUT2D eigenvalue weighted by Crippen LogP contribution is -2.20. The van der Waals surface area contributed by atoms with Gasteiger partial charge in [0.1, 0.15) is 5.82 Å². The Kier molecular flexibility index (Phi) is 5.29. The average Bonchev–Trinajstić information content (AvgIpc) is 2.27. The fraction of sp³-hybridized carbons (Fsp3) is 0.500. The van der Waals surface area contributed by atoms with Crippen LogP contribution in [0.2, 0.25) is 0 Å². The Hall–Kier alpha value is -1.22. The van der Waals surface area contributed by atoms with E-state index in [4.69, 9.17) is 5.73 Å². The molecular formula is C14H20FNO. The van der Waals surface area contributed by atoms with Crippen molar-refractivity contribution in [3.05, 3.63) is 35.6 Å². The Balaban J connectivity index is 2.68. The molecule has 2 N–H and O–H groups in total. The van der Waals surface area contributed by atoms with Gasteiger partial charge in [0.2, 0.25) is 0 Å². The van der Waals surface area contributed by atoms with E-state index in [0.717, 1.165) is 6.42 Å². The number of benzene rings is 1. The van der Waals surface area contributed by atoms with Crippen LogP contribution in [0.3, 0.4) is 0 Å². The SMILES string of the molecule is CC(C)CC(CN)CC(=O)c1ccccc1F. The van der Waals surface area contributed by atoms with Crippen molar-refractivity contribution >= 4 is 5.78 Å². The number of Topliss-reactive ketones (excluding diaryl/α,β-unsaturated/α-hetero) is 1. The van der Waals surface area contributed by atoms with E-state index >= 15 is 0 Å². The van der Waals surface area contributed by atoms with Crippen LogP contribution in [0.15, 0.2) is 24.3 Å². The van der Waals surface area contributed by atoms with Crippen LogP contribution >= 0.6 is 0 Å². The third kappa shape index (κ3) is 4.27. The Bertz CT molecular complexity index is 376. The lowest BCUT2D eigenvalue weighted by Gasteiger charge is -2.16. The number of ketones is 1. The molecule has 1 aromatic carbocycles. The quantitative estimate of drug-likeness (QED) is 0.773. The molecule has 0 fully saturated rings. The molecule has 1 atom stereocenters. The molecule has 94 valence electrons. The molecule has 17 heavy (non-hydrogen) atoms. The lowest BCUT2D eigenvalue weighted by molar-refractivity contribution is 0.0953. The predicted molar refractivity (Wildman–Crippen MR) is 67.3 cm³/mol. The van der Waals surface area contributed by atoms with Crippen molar-refractivity contribution in [3.63, 3.8) is 0 Å². The first-order valence-corrected chi connectivity index (χ1v) is 6.02. The molecule has 0 aliphatic carbocycles. The minimum absolute atomic E-state index is 0.141. The standard InChI is InChI=1S/C14H20FNO/c1-10(2)7-11(9-16)8-14(17)12-5-3-4-6-13(12)15/h3-6,10-11H,7-9,16H2,1-2H3. The summed E-state index contributed by atoms with van der Waals surface area (Å²) in [6.07, 6.45) is 1.23. The van der Waals surface area contributed by atoms with E-state index in [9.17, 15) is 9.18 Å². The normalized spacial score (nSPS) is 12.8. The van der Waals surface area contributed by atoms with Crippen molar-refractivity contribution in [3.8, 4) is 0 Å². The van der Waals surface area contributed by atoms with Gasteiger partial charge in [0.25, 0.3) is 0 Å². The van der Waals surface area contributed by atoms with Gasteiger partial charge in [-0.3, -0.25) is 4.79 Å². The number of hydrogen-bond acceptors (Lipinski definition) is 2. The van der Waals surface area contributed by atoms with Gasteiger partial charge in [-0.1, -0.05) is 26.0 Å². The molecule has 0 aliphatic heterocycles. The molecule has 0 heterocycles. The Morgan fingerprint density at radius 2 is 2.00 bits per heavy atom. The van der Waals surface area contributed by atoms with Crippen molar-refractivity contribution in [2.45, 2.75) is 26.7 Å². The monoisotopic (exact) mass is 237 g/mol. The molecular weight excluding hydrogens is 217 g/mol. The molecule has 0 radical (unpaired) electrons. The van der Waals surface area contributed by atoms with E-state index in [1.54, 1.807) is 12.1 Å². The van der Waals surface area contributed by atoms with Crippen LogP contribution in [0.4, 0.5) is 4.39 Å². The molecule has 1 unspecified atom stereocenters. The highest BCUT2D eigenvalue weighted by Crippen LogP contribution is 2.18. The van der Waals surface area contributed by atoms with E-state index < -0.39 is 5.82 Å². The topological polar surface area (TPSA) is 43.1 Å². The van der Waals surface area contributed by atoms with Gasteiger partial charge in [-0.05, 0) is 36.9 Å². The summed E-state index contributed by atoms with van der Waals surface area (Å²) in [5.74, 6) is 0.0381. The molecule has 0 spiro atoms. The van der Waals surface area contributed by atoms with E-state index in [1.165, 1.54) is 12.1 Å². The van der Waals surface area contributed by atoms with Crippen LogP contribution < -0.4 is 5.73 Å². The Morgan fingerprint density at radius 3 is 2.53 bits per heavy atom. The molecule has 2 nitrogen and oxygen atoms in total. The molecule has 1 aromatic rings. The van der Waals surface area contributed by atoms with Gasteiger partial charge in [-0.25, -0.2) is 4.39 Å². The van der Waals surface area contributed by atoms with Gasteiger partial charge in [-0.2, -0.15) is 0 Å². The number of carbonyl (C=O) groups excluding carboxylic acids is 1. The van der Waals surface area contributed by atoms with Gasteiger partial charge < -0.3 is 5.73 Å². The minimum Gasteiger partial charge on any atom is -0.330 e. The third-order valence-electron chi connectivity index (χ3n) is 2.79. The number of carbonyl (C=O) groups is 1. The number of halogens is 1. The summed E-state index contributed by atoms with van der Waals surface area (Å²) in [5.41, 5.74) is 5.82. The van der Waals surface area contributed by atoms with Crippen molar-refractivity contribution < 1.29 is 9.18 Å². The van der Waals surface area contributed by atoms with Gasteiger partial charge in [-0.15, -0.1) is 0 Å². The second-order valence-electron chi connectivity index (χ2n) is 4.84. The highest BCUT2D eigenvalue weighted by Gasteiger charge is 2.17. The molecule has 0 amide bonds. The highest BCUT2D eigenvalue weighted by atomic mass is 19.1. The van der Waals surface area contributed by atoms with Gasteiger partial charge in [0.05, 0.1) is 5.56 Å². The van der Waals surface area contributed by atoms with Crippen molar-refractivity contribution in [1.82, 2.24) is 0 Å². The maximum Gasteiger partial charge on any atom is 0.166 e. The van der Waals surface area contributed by atoms with Gasteiger partial charge >= 0.3 is 0 Å². The second-order valence-corrected chi connectivity index (χ2v) is 4.84. The van der Waals surface area contributed by atoms with E-state index in [-0.39, 0.29) is 17.3 Å². The first kappa shape index (κ1) is 13.8. The maximum absolute atomic E-state index is 13.4. The first-order chi connectivity index (χ1) is 8.04. The van der Waals surface area contributed by atoms with Crippen LogP contribution in [-0.4, -0.2) is 12.3 Å². The van der Waals surface area contributed by atoms with Crippen LogP contribution in [0.25, 0.3) is 0 Å². The van der Waals surface area contributed by atoms with E-state index in [1.807, 2.05) is 0 Å². The fourth-order valence-corrected chi connectivity index (χ4v) is 1.99. The molecule has 0 saturated carbocycles. The summed E-state index contributed by atoms with van der Waals surface area (Å²) in [6, 6.07) is 6.10.